The monoisotopic (exact) mass is 387 g/mol. The van der Waals surface area contributed by atoms with Crippen molar-refractivity contribution >= 4 is 39.8 Å². The maximum atomic E-state index is 12.0. The van der Waals surface area contributed by atoms with Crippen molar-refractivity contribution in [2.75, 3.05) is 11.9 Å². The molecule has 1 heterocycles. The number of rotatable bonds is 6. The SMILES string of the molecule is CC(=O)c1ccc(OCC(=O)Nc2nnc(-c3ccccc3Cl)s2)cc1. The van der Waals surface area contributed by atoms with E-state index in [1.165, 1.54) is 18.3 Å². The molecule has 3 aromatic rings. The van der Waals surface area contributed by atoms with E-state index in [9.17, 15) is 9.59 Å². The summed E-state index contributed by atoms with van der Waals surface area (Å²) in [5.74, 6) is 0.113. The summed E-state index contributed by atoms with van der Waals surface area (Å²) in [5, 5.41) is 12.2. The van der Waals surface area contributed by atoms with Gasteiger partial charge in [-0.2, -0.15) is 0 Å². The van der Waals surface area contributed by atoms with E-state index in [0.29, 0.717) is 26.5 Å². The van der Waals surface area contributed by atoms with Gasteiger partial charge in [-0.1, -0.05) is 41.1 Å². The number of carbonyl (C=O) groups is 2. The van der Waals surface area contributed by atoms with E-state index < -0.39 is 0 Å². The molecule has 0 saturated carbocycles. The van der Waals surface area contributed by atoms with Gasteiger partial charge in [0.15, 0.2) is 17.4 Å². The number of hydrogen-bond acceptors (Lipinski definition) is 6. The smallest absolute Gasteiger partial charge is 0.264 e. The molecule has 0 aliphatic carbocycles. The molecule has 0 unspecified atom stereocenters. The molecule has 0 aliphatic rings. The van der Waals surface area contributed by atoms with Gasteiger partial charge in [0.1, 0.15) is 5.75 Å². The quantitative estimate of drug-likeness (QED) is 0.644. The Kier molecular flexibility index (Phi) is 5.60. The van der Waals surface area contributed by atoms with Crippen LogP contribution in [0.3, 0.4) is 0 Å². The number of aromatic nitrogens is 2. The summed E-state index contributed by atoms with van der Waals surface area (Å²) < 4.78 is 5.40. The van der Waals surface area contributed by atoms with Crippen molar-refractivity contribution in [3.63, 3.8) is 0 Å². The summed E-state index contributed by atoms with van der Waals surface area (Å²) in [6.07, 6.45) is 0. The summed E-state index contributed by atoms with van der Waals surface area (Å²) >= 11 is 7.36. The number of carbonyl (C=O) groups excluding carboxylic acids is 2. The molecule has 0 fully saturated rings. The molecule has 0 aliphatic heterocycles. The highest BCUT2D eigenvalue weighted by Gasteiger charge is 2.12. The summed E-state index contributed by atoms with van der Waals surface area (Å²) in [6, 6.07) is 13.9. The minimum Gasteiger partial charge on any atom is -0.484 e. The van der Waals surface area contributed by atoms with Crippen molar-refractivity contribution in [2.24, 2.45) is 0 Å². The molecular weight excluding hydrogens is 374 g/mol. The molecule has 2 aromatic carbocycles. The molecule has 26 heavy (non-hydrogen) atoms. The minimum absolute atomic E-state index is 0.0279. The number of ether oxygens (including phenoxy) is 1. The van der Waals surface area contributed by atoms with Crippen LogP contribution in [0, 0.1) is 0 Å². The fraction of sp³-hybridized carbons (Fsp3) is 0.111. The van der Waals surface area contributed by atoms with Crippen molar-refractivity contribution in [2.45, 2.75) is 6.92 Å². The number of amides is 1. The summed E-state index contributed by atoms with van der Waals surface area (Å²) in [4.78, 5) is 23.2. The number of nitrogens with one attached hydrogen (secondary N) is 1. The molecule has 0 spiro atoms. The van der Waals surface area contributed by atoms with Crippen molar-refractivity contribution < 1.29 is 14.3 Å². The molecule has 8 heteroatoms. The van der Waals surface area contributed by atoms with Crippen LogP contribution in [-0.2, 0) is 4.79 Å². The van der Waals surface area contributed by atoms with Crippen molar-refractivity contribution in [1.29, 1.82) is 0 Å². The second-order valence-electron chi connectivity index (χ2n) is 5.31. The van der Waals surface area contributed by atoms with E-state index in [1.54, 1.807) is 30.3 Å². The van der Waals surface area contributed by atoms with Gasteiger partial charge in [-0.15, -0.1) is 10.2 Å². The third-order valence-electron chi connectivity index (χ3n) is 3.41. The van der Waals surface area contributed by atoms with Crippen LogP contribution in [-0.4, -0.2) is 28.5 Å². The van der Waals surface area contributed by atoms with Gasteiger partial charge in [-0.05, 0) is 37.3 Å². The number of nitrogens with zero attached hydrogens (tertiary/aromatic N) is 2. The van der Waals surface area contributed by atoms with E-state index in [-0.39, 0.29) is 18.3 Å². The van der Waals surface area contributed by atoms with Crippen molar-refractivity contribution in [1.82, 2.24) is 10.2 Å². The van der Waals surface area contributed by atoms with Gasteiger partial charge < -0.3 is 4.74 Å². The Balaban J connectivity index is 1.57. The van der Waals surface area contributed by atoms with Gasteiger partial charge in [0.25, 0.3) is 5.91 Å². The Morgan fingerprint density at radius 2 is 1.85 bits per heavy atom. The summed E-state index contributed by atoms with van der Waals surface area (Å²) in [5.41, 5.74) is 1.34. The van der Waals surface area contributed by atoms with Gasteiger partial charge >= 0.3 is 0 Å². The van der Waals surface area contributed by atoms with E-state index in [1.807, 2.05) is 18.2 Å². The number of Topliss-reactive ketones (excluding diaryl/α,β-unsaturated/α-hetero) is 1. The van der Waals surface area contributed by atoms with E-state index in [4.69, 9.17) is 16.3 Å². The van der Waals surface area contributed by atoms with E-state index >= 15 is 0 Å². The largest absolute Gasteiger partial charge is 0.484 e. The molecular formula is C18H14ClN3O3S. The standard InChI is InChI=1S/C18H14ClN3O3S/c1-11(23)12-6-8-13(9-7-12)25-10-16(24)20-18-22-21-17(26-18)14-4-2-3-5-15(14)19/h2-9H,10H2,1H3,(H,20,22,24). The molecule has 132 valence electrons. The number of halogens is 1. The fourth-order valence-electron chi connectivity index (χ4n) is 2.11. The first-order chi connectivity index (χ1) is 12.5. The first-order valence-electron chi connectivity index (χ1n) is 7.65. The Labute approximate surface area is 158 Å². The van der Waals surface area contributed by atoms with Crippen LogP contribution < -0.4 is 10.1 Å². The van der Waals surface area contributed by atoms with Gasteiger partial charge in [0, 0.05) is 11.1 Å². The summed E-state index contributed by atoms with van der Waals surface area (Å²) in [7, 11) is 0. The predicted octanol–water partition coefficient (Wildman–Crippen LogP) is 4.08. The molecule has 0 atom stereocenters. The van der Waals surface area contributed by atoms with Crippen molar-refractivity contribution in [3.8, 4) is 16.3 Å². The molecule has 1 amide bonds. The Hall–Kier alpha value is -2.77. The third-order valence-corrected chi connectivity index (χ3v) is 4.61. The maximum absolute atomic E-state index is 12.0. The maximum Gasteiger partial charge on any atom is 0.264 e. The number of anilines is 1. The average Bonchev–Trinajstić information content (AvgIpc) is 3.09. The van der Waals surface area contributed by atoms with Gasteiger partial charge in [0.2, 0.25) is 5.13 Å². The number of ketones is 1. The molecule has 1 N–H and O–H groups in total. The topological polar surface area (TPSA) is 81.2 Å². The lowest BCUT2D eigenvalue weighted by Gasteiger charge is -2.06. The number of benzene rings is 2. The van der Waals surface area contributed by atoms with Crippen LogP contribution in [0.5, 0.6) is 5.75 Å². The third kappa shape index (κ3) is 4.44. The Morgan fingerprint density at radius 3 is 2.54 bits per heavy atom. The zero-order valence-corrected chi connectivity index (χ0v) is 15.3. The highest BCUT2D eigenvalue weighted by Crippen LogP contribution is 2.31. The van der Waals surface area contributed by atoms with Crippen LogP contribution in [0.1, 0.15) is 17.3 Å². The highest BCUT2D eigenvalue weighted by atomic mass is 35.5. The molecule has 3 rings (SSSR count). The molecule has 0 saturated heterocycles. The Bertz CT molecular complexity index is 941. The zero-order valence-electron chi connectivity index (χ0n) is 13.7. The van der Waals surface area contributed by atoms with Gasteiger partial charge in [-0.3, -0.25) is 14.9 Å². The lowest BCUT2D eigenvalue weighted by molar-refractivity contribution is -0.118. The molecule has 0 bridgehead atoms. The van der Waals surface area contributed by atoms with Crippen LogP contribution in [0.25, 0.3) is 10.6 Å². The lowest BCUT2D eigenvalue weighted by Crippen LogP contribution is -2.20. The van der Waals surface area contributed by atoms with Crippen LogP contribution in [0.4, 0.5) is 5.13 Å². The van der Waals surface area contributed by atoms with E-state index in [0.717, 1.165) is 5.56 Å². The van der Waals surface area contributed by atoms with Gasteiger partial charge in [-0.25, -0.2) is 0 Å². The molecule has 1 aromatic heterocycles. The predicted molar refractivity (Wildman–Crippen MR) is 101 cm³/mol. The fourth-order valence-corrected chi connectivity index (χ4v) is 3.19. The normalized spacial score (nSPS) is 10.4. The molecule has 6 nitrogen and oxygen atoms in total. The van der Waals surface area contributed by atoms with Crippen LogP contribution in [0.2, 0.25) is 5.02 Å². The van der Waals surface area contributed by atoms with Gasteiger partial charge in [0.05, 0.1) is 5.02 Å². The van der Waals surface area contributed by atoms with Crippen LogP contribution >= 0.6 is 22.9 Å². The van der Waals surface area contributed by atoms with Crippen molar-refractivity contribution in [3.05, 3.63) is 59.1 Å². The zero-order chi connectivity index (χ0) is 18.5. The number of hydrogen-bond donors (Lipinski definition) is 1. The molecule has 0 radical (unpaired) electrons. The second-order valence-corrected chi connectivity index (χ2v) is 6.69. The minimum atomic E-state index is -0.359. The first kappa shape index (κ1) is 18.0. The lowest BCUT2D eigenvalue weighted by atomic mass is 10.1. The summed E-state index contributed by atoms with van der Waals surface area (Å²) in [6.45, 7) is 1.31. The average molecular weight is 388 g/mol. The van der Waals surface area contributed by atoms with Crippen LogP contribution in [0.15, 0.2) is 48.5 Å². The second kappa shape index (κ2) is 8.07. The first-order valence-corrected chi connectivity index (χ1v) is 8.84. The Morgan fingerprint density at radius 1 is 1.12 bits per heavy atom. The van der Waals surface area contributed by atoms with E-state index in [2.05, 4.69) is 15.5 Å². The highest BCUT2D eigenvalue weighted by molar-refractivity contribution is 7.18.